The van der Waals surface area contributed by atoms with Gasteiger partial charge in [-0.2, -0.15) is 0 Å². The number of aromatic carboxylic acids is 1. The third-order valence-electron chi connectivity index (χ3n) is 1.12. The fraction of sp³-hybridized carbons (Fsp3) is 0. The first-order valence-electron chi connectivity index (χ1n) is 2.91. The van der Waals surface area contributed by atoms with Gasteiger partial charge in [0.1, 0.15) is 11.4 Å². The normalized spacial score (nSPS) is 8.64. The Balaban J connectivity index is 3.13. The molecule has 0 bridgehead atoms. The highest BCUT2D eigenvalue weighted by Crippen LogP contribution is 1.97. The molecule has 54 valence electrons. The Labute approximate surface area is 63.7 Å². The van der Waals surface area contributed by atoms with Crippen molar-refractivity contribution in [1.82, 2.24) is 4.98 Å². The van der Waals surface area contributed by atoms with Gasteiger partial charge in [-0.05, 0) is 12.1 Å². The molecule has 0 unspecified atom stereocenters. The van der Waals surface area contributed by atoms with Gasteiger partial charge in [-0.25, -0.2) is 9.78 Å². The van der Waals surface area contributed by atoms with E-state index in [1.54, 1.807) is 12.1 Å². The highest BCUT2D eigenvalue weighted by atomic mass is 16.4. The molecule has 1 aromatic rings. The summed E-state index contributed by atoms with van der Waals surface area (Å²) in [6.45, 7) is 0. The number of rotatable bonds is 1. The molecule has 3 nitrogen and oxygen atoms in total. The van der Waals surface area contributed by atoms with Crippen molar-refractivity contribution in [3.8, 4) is 12.3 Å². The fourth-order valence-corrected chi connectivity index (χ4v) is 0.634. The fourth-order valence-electron chi connectivity index (χ4n) is 0.634. The van der Waals surface area contributed by atoms with Crippen molar-refractivity contribution in [2.24, 2.45) is 0 Å². The Morgan fingerprint density at radius 3 is 2.91 bits per heavy atom. The van der Waals surface area contributed by atoms with Crippen molar-refractivity contribution in [1.29, 1.82) is 0 Å². The van der Waals surface area contributed by atoms with Crippen molar-refractivity contribution in [2.75, 3.05) is 0 Å². The predicted octanol–water partition coefficient (Wildman–Crippen LogP) is 0.761. The van der Waals surface area contributed by atoms with Crippen molar-refractivity contribution in [2.45, 2.75) is 0 Å². The first-order chi connectivity index (χ1) is 5.24. The first-order valence-corrected chi connectivity index (χ1v) is 2.91. The Morgan fingerprint density at radius 1 is 1.64 bits per heavy atom. The van der Waals surface area contributed by atoms with E-state index in [4.69, 9.17) is 11.5 Å². The molecule has 3 heteroatoms. The molecule has 1 heterocycles. The summed E-state index contributed by atoms with van der Waals surface area (Å²) < 4.78 is 0. The highest BCUT2D eigenvalue weighted by molar-refractivity contribution is 5.85. The molecule has 0 spiro atoms. The van der Waals surface area contributed by atoms with Crippen LogP contribution in [0.3, 0.4) is 0 Å². The summed E-state index contributed by atoms with van der Waals surface area (Å²) in [7, 11) is 0. The molecule has 0 aliphatic carbocycles. The molecule has 0 aliphatic heterocycles. The van der Waals surface area contributed by atoms with Crippen LogP contribution < -0.4 is 0 Å². The van der Waals surface area contributed by atoms with Crippen LogP contribution in [0.1, 0.15) is 16.2 Å². The summed E-state index contributed by atoms with van der Waals surface area (Å²) in [4.78, 5) is 14.0. The number of carboxylic acids is 1. The molecule has 0 saturated heterocycles. The van der Waals surface area contributed by atoms with Gasteiger partial charge in [0.05, 0.1) is 0 Å². The van der Waals surface area contributed by atoms with Crippen LogP contribution in [0.15, 0.2) is 18.2 Å². The first kappa shape index (κ1) is 7.29. The average Bonchev–Trinajstić information content (AvgIpc) is 2.05. The van der Waals surface area contributed by atoms with Crippen LogP contribution in [-0.4, -0.2) is 16.1 Å². The second-order valence-corrected chi connectivity index (χ2v) is 1.86. The highest BCUT2D eigenvalue weighted by Gasteiger charge is 2.02. The minimum atomic E-state index is -1.07. The quantitative estimate of drug-likeness (QED) is 0.596. The van der Waals surface area contributed by atoms with E-state index in [0.29, 0.717) is 5.69 Å². The van der Waals surface area contributed by atoms with E-state index in [1.165, 1.54) is 6.07 Å². The number of carboxylic acid groups (broad SMARTS) is 1. The van der Waals surface area contributed by atoms with E-state index in [0.717, 1.165) is 0 Å². The largest absolute Gasteiger partial charge is 0.477 e. The maximum Gasteiger partial charge on any atom is 0.354 e. The molecular weight excluding hydrogens is 142 g/mol. The second kappa shape index (κ2) is 2.84. The van der Waals surface area contributed by atoms with E-state index >= 15 is 0 Å². The molecule has 1 N–H and O–H groups in total. The van der Waals surface area contributed by atoms with Gasteiger partial charge in [-0.3, -0.25) is 0 Å². The van der Waals surface area contributed by atoms with Gasteiger partial charge in [0.25, 0.3) is 0 Å². The van der Waals surface area contributed by atoms with Crippen LogP contribution in [0.4, 0.5) is 0 Å². The van der Waals surface area contributed by atoms with Gasteiger partial charge in [-0.1, -0.05) is 12.0 Å². The van der Waals surface area contributed by atoms with Crippen molar-refractivity contribution >= 4 is 5.97 Å². The Hall–Kier alpha value is -1.82. The summed E-state index contributed by atoms with van der Waals surface area (Å²) in [5.74, 6) is 1.18. The van der Waals surface area contributed by atoms with Gasteiger partial charge in [0.15, 0.2) is 0 Å². The van der Waals surface area contributed by atoms with E-state index in [-0.39, 0.29) is 5.69 Å². The Bertz CT molecular complexity index is 325. The van der Waals surface area contributed by atoms with Crippen LogP contribution in [0, 0.1) is 12.3 Å². The van der Waals surface area contributed by atoms with Crippen molar-refractivity contribution in [3.63, 3.8) is 0 Å². The minimum Gasteiger partial charge on any atom is -0.477 e. The van der Waals surface area contributed by atoms with Crippen LogP contribution in [0.2, 0.25) is 0 Å². The Kier molecular flexibility index (Phi) is 1.88. The molecule has 1 rings (SSSR count). The summed E-state index contributed by atoms with van der Waals surface area (Å²) in [6, 6.07) is 4.53. The number of hydrogen-bond donors (Lipinski definition) is 1. The van der Waals surface area contributed by atoms with Gasteiger partial charge in [-0.15, -0.1) is 6.42 Å². The number of carbonyl (C=O) groups is 1. The summed E-state index contributed by atoms with van der Waals surface area (Å²) in [5, 5.41) is 8.47. The minimum absolute atomic E-state index is 0.0274. The number of hydrogen-bond acceptors (Lipinski definition) is 2. The van der Waals surface area contributed by atoms with E-state index in [9.17, 15) is 4.79 Å². The molecule has 0 atom stereocenters. The molecule has 0 radical (unpaired) electrons. The molecule has 0 aliphatic rings. The lowest BCUT2D eigenvalue weighted by Crippen LogP contribution is -2.00. The molecule has 0 fully saturated rings. The van der Waals surface area contributed by atoms with Gasteiger partial charge in [0.2, 0.25) is 0 Å². The summed E-state index contributed by atoms with van der Waals surface area (Å²) in [6.07, 6.45) is 5.01. The SMILES string of the molecule is C#Cc1cccc(C(=O)O)n1. The molecule has 0 aromatic carbocycles. The lowest BCUT2D eigenvalue weighted by atomic mass is 10.3. The molecule has 0 saturated carbocycles. The second-order valence-electron chi connectivity index (χ2n) is 1.86. The number of nitrogens with zero attached hydrogens (tertiary/aromatic N) is 1. The summed E-state index contributed by atoms with van der Waals surface area (Å²) >= 11 is 0. The standard InChI is InChI=1S/C8H5NO2/c1-2-6-4-3-5-7(9-6)8(10)11/h1,3-5H,(H,10,11). The van der Waals surface area contributed by atoms with Crippen LogP contribution in [0.5, 0.6) is 0 Å². The summed E-state index contributed by atoms with van der Waals surface area (Å²) in [5.41, 5.74) is 0.311. The monoisotopic (exact) mass is 147 g/mol. The number of terminal acetylenes is 1. The zero-order valence-corrected chi connectivity index (χ0v) is 5.61. The third kappa shape index (κ3) is 1.55. The van der Waals surface area contributed by atoms with Gasteiger partial charge in [0, 0.05) is 0 Å². The van der Waals surface area contributed by atoms with Gasteiger partial charge < -0.3 is 5.11 Å². The zero-order chi connectivity index (χ0) is 8.27. The van der Waals surface area contributed by atoms with Crippen LogP contribution >= 0.6 is 0 Å². The van der Waals surface area contributed by atoms with E-state index in [1.807, 2.05) is 0 Å². The topological polar surface area (TPSA) is 50.2 Å². The van der Waals surface area contributed by atoms with Crippen molar-refractivity contribution in [3.05, 3.63) is 29.6 Å². The molecule has 0 amide bonds. The Morgan fingerprint density at radius 2 is 2.36 bits per heavy atom. The molecule has 1 aromatic heterocycles. The third-order valence-corrected chi connectivity index (χ3v) is 1.12. The van der Waals surface area contributed by atoms with Crippen LogP contribution in [-0.2, 0) is 0 Å². The maximum atomic E-state index is 10.3. The smallest absolute Gasteiger partial charge is 0.354 e. The number of pyridine rings is 1. The number of aromatic nitrogens is 1. The van der Waals surface area contributed by atoms with Crippen LogP contribution in [0.25, 0.3) is 0 Å². The molecular formula is C8H5NO2. The van der Waals surface area contributed by atoms with E-state index < -0.39 is 5.97 Å². The average molecular weight is 147 g/mol. The lowest BCUT2D eigenvalue weighted by Gasteiger charge is -1.92. The van der Waals surface area contributed by atoms with E-state index in [2.05, 4.69) is 10.9 Å². The molecule has 11 heavy (non-hydrogen) atoms. The van der Waals surface area contributed by atoms with Gasteiger partial charge >= 0.3 is 5.97 Å². The maximum absolute atomic E-state index is 10.3. The van der Waals surface area contributed by atoms with Crippen molar-refractivity contribution < 1.29 is 9.90 Å². The zero-order valence-electron chi connectivity index (χ0n) is 5.61. The predicted molar refractivity (Wildman–Crippen MR) is 39.1 cm³/mol. The lowest BCUT2D eigenvalue weighted by molar-refractivity contribution is 0.0690.